The van der Waals surface area contributed by atoms with Crippen LogP contribution in [0.5, 0.6) is 0 Å². The summed E-state index contributed by atoms with van der Waals surface area (Å²) in [5.41, 5.74) is 6.80. The second-order valence-corrected chi connectivity index (χ2v) is 3.36. The average Bonchev–Trinajstić information content (AvgIpc) is 1.87. The number of hydrogen-bond acceptors (Lipinski definition) is 1. The summed E-state index contributed by atoms with van der Waals surface area (Å²) in [6.07, 6.45) is 1.08. The van der Waals surface area contributed by atoms with Gasteiger partial charge in [-0.2, -0.15) is 0 Å². The van der Waals surface area contributed by atoms with Gasteiger partial charge in [0.25, 0.3) is 0 Å². The highest BCUT2D eigenvalue weighted by Gasteiger charge is 2.04. The minimum absolute atomic E-state index is 0.592. The zero-order chi connectivity index (χ0) is 8.15. The third-order valence-corrected chi connectivity index (χ3v) is 1.83. The van der Waals surface area contributed by atoms with Crippen LogP contribution in [0.3, 0.4) is 0 Å². The van der Waals surface area contributed by atoms with Crippen LogP contribution < -0.4 is 5.73 Å². The first-order valence-electron chi connectivity index (χ1n) is 3.95. The van der Waals surface area contributed by atoms with Gasteiger partial charge in [0.05, 0.1) is 0 Å². The molecule has 0 rings (SSSR count). The van der Waals surface area contributed by atoms with Crippen molar-refractivity contribution in [3.8, 4) is 0 Å². The summed E-state index contributed by atoms with van der Waals surface area (Å²) in [5.74, 6) is 1.20. The zero-order valence-corrected chi connectivity index (χ0v) is 7.35. The first-order chi connectivity index (χ1) is 4.57. The van der Waals surface area contributed by atoms with E-state index in [9.17, 15) is 0 Å². The lowest BCUT2D eigenvalue weighted by Crippen LogP contribution is -2.12. The summed E-state index contributed by atoms with van der Waals surface area (Å²) in [5, 5.41) is 0. The molecule has 0 spiro atoms. The van der Waals surface area contributed by atoms with Gasteiger partial charge in [0.1, 0.15) is 0 Å². The van der Waals surface area contributed by atoms with E-state index in [0.29, 0.717) is 11.8 Å². The van der Waals surface area contributed by atoms with Crippen LogP contribution in [0.15, 0.2) is 12.2 Å². The fourth-order valence-corrected chi connectivity index (χ4v) is 0.767. The molecule has 0 heterocycles. The van der Waals surface area contributed by atoms with E-state index >= 15 is 0 Å². The Hall–Kier alpha value is -0.300. The summed E-state index contributed by atoms with van der Waals surface area (Å²) >= 11 is 0. The second-order valence-electron chi connectivity index (χ2n) is 3.36. The molecule has 0 saturated carbocycles. The highest BCUT2D eigenvalue weighted by atomic mass is 14.5. The highest BCUT2D eigenvalue weighted by Crippen LogP contribution is 2.15. The lowest BCUT2D eigenvalue weighted by atomic mass is 9.95. The Labute approximate surface area is 64.3 Å². The fraction of sp³-hybridized carbons (Fsp3) is 0.778. The minimum atomic E-state index is 0.592. The van der Waals surface area contributed by atoms with E-state index in [1.54, 1.807) is 0 Å². The molecular weight excluding hydrogens is 122 g/mol. The predicted molar refractivity (Wildman–Crippen MR) is 46.8 cm³/mol. The lowest BCUT2D eigenvalue weighted by Gasteiger charge is -2.13. The first-order valence-corrected chi connectivity index (χ1v) is 3.95. The molecule has 1 atom stereocenters. The van der Waals surface area contributed by atoms with Crippen molar-refractivity contribution in [3.63, 3.8) is 0 Å². The van der Waals surface area contributed by atoms with Crippen molar-refractivity contribution < 1.29 is 0 Å². The van der Waals surface area contributed by atoms with E-state index in [2.05, 4.69) is 27.4 Å². The molecule has 10 heavy (non-hydrogen) atoms. The van der Waals surface area contributed by atoms with Gasteiger partial charge in [-0.15, -0.1) is 0 Å². The molecule has 0 fully saturated rings. The van der Waals surface area contributed by atoms with Crippen molar-refractivity contribution in [3.05, 3.63) is 12.2 Å². The van der Waals surface area contributed by atoms with E-state index in [-0.39, 0.29) is 0 Å². The number of allylic oxidation sites excluding steroid dienone is 1. The van der Waals surface area contributed by atoms with Gasteiger partial charge < -0.3 is 5.73 Å². The number of rotatable bonds is 4. The van der Waals surface area contributed by atoms with Crippen molar-refractivity contribution in [2.24, 2.45) is 17.6 Å². The average molecular weight is 141 g/mol. The van der Waals surface area contributed by atoms with Gasteiger partial charge in [-0.05, 0) is 24.8 Å². The van der Waals surface area contributed by atoms with Crippen LogP contribution in [0.2, 0.25) is 0 Å². The van der Waals surface area contributed by atoms with Gasteiger partial charge in [-0.3, -0.25) is 0 Å². The molecule has 1 nitrogen and oxygen atoms in total. The molecule has 0 aliphatic rings. The third-order valence-electron chi connectivity index (χ3n) is 1.83. The van der Waals surface area contributed by atoms with Crippen LogP contribution in [-0.4, -0.2) is 6.54 Å². The Bertz CT molecular complexity index is 105. The van der Waals surface area contributed by atoms with Crippen LogP contribution >= 0.6 is 0 Å². The maximum atomic E-state index is 5.48. The van der Waals surface area contributed by atoms with E-state index in [0.717, 1.165) is 13.0 Å². The van der Waals surface area contributed by atoms with E-state index in [1.165, 1.54) is 5.57 Å². The zero-order valence-electron chi connectivity index (χ0n) is 7.35. The standard InChI is InChI=1S/C9H19N/c1-7(2)9(4)5-8(3)6-10/h7-8H,4-6,10H2,1-3H3. The smallest absolute Gasteiger partial charge is 0.00484 e. The van der Waals surface area contributed by atoms with Gasteiger partial charge in [0.2, 0.25) is 0 Å². The monoisotopic (exact) mass is 141 g/mol. The highest BCUT2D eigenvalue weighted by molar-refractivity contribution is 4.98. The van der Waals surface area contributed by atoms with Crippen molar-refractivity contribution >= 4 is 0 Å². The molecule has 0 aromatic rings. The summed E-state index contributed by atoms with van der Waals surface area (Å²) in [6, 6.07) is 0. The molecule has 0 aliphatic carbocycles. The van der Waals surface area contributed by atoms with Crippen LogP contribution in [0.25, 0.3) is 0 Å². The number of nitrogens with two attached hydrogens (primary N) is 1. The Balaban J connectivity index is 3.57. The van der Waals surface area contributed by atoms with Crippen LogP contribution in [-0.2, 0) is 0 Å². The molecule has 0 bridgehead atoms. The van der Waals surface area contributed by atoms with Gasteiger partial charge in [0, 0.05) is 0 Å². The topological polar surface area (TPSA) is 26.0 Å². The molecule has 0 aliphatic heterocycles. The first kappa shape index (κ1) is 9.70. The SMILES string of the molecule is C=C(CC(C)CN)C(C)C. The van der Waals surface area contributed by atoms with Gasteiger partial charge >= 0.3 is 0 Å². The normalized spacial score (nSPS) is 13.7. The fourth-order valence-electron chi connectivity index (χ4n) is 0.767. The quantitative estimate of drug-likeness (QED) is 0.597. The summed E-state index contributed by atoms with van der Waals surface area (Å²) in [4.78, 5) is 0. The van der Waals surface area contributed by atoms with Gasteiger partial charge in [-0.25, -0.2) is 0 Å². The maximum absolute atomic E-state index is 5.48. The summed E-state index contributed by atoms with van der Waals surface area (Å²) < 4.78 is 0. The Morgan fingerprint density at radius 2 is 1.90 bits per heavy atom. The molecule has 0 radical (unpaired) electrons. The van der Waals surface area contributed by atoms with Crippen LogP contribution in [0, 0.1) is 11.8 Å². The second kappa shape index (κ2) is 4.51. The third kappa shape index (κ3) is 3.67. The summed E-state index contributed by atoms with van der Waals surface area (Å²) in [7, 11) is 0. The van der Waals surface area contributed by atoms with E-state index < -0.39 is 0 Å². The van der Waals surface area contributed by atoms with Crippen LogP contribution in [0.1, 0.15) is 27.2 Å². The van der Waals surface area contributed by atoms with Gasteiger partial charge in [-0.1, -0.05) is 32.9 Å². The van der Waals surface area contributed by atoms with Crippen molar-refractivity contribution in [1.82, 2.24) is 0 Å². The van der Waals surface area contributed by atoms with E-state index in [4.69, 9.17) is 5.73 Å². The molecule has 0 amide bonds. The molecule has 1 unspecified atom stereocenters. The van der Waals surface area contributed by atoms with Gasteiger partial charge in [0.15, 0.2) is 0 Å². The Morgan fingerprint density at radius 3 is 2.20 bits per heavy atom. The largest absolute Gasteiger partial charge is 0.330 e. The molecule has 0 aromatic carbocycles. The molecular formula is C9H19N. The van der Waals surface area contributed by atoms with Crippen molar-refractivity contribution in [2.45, 2.75) is 27.2 Å². The molecule has 1 heteroatoms. The van der Waals surface area contributed by atoms with Crippen molar-refractivity contribution in [1.29, 1.82) is 0 Å². The Kier molecular flexibility index (Phi) is 4.37. The lowest BCUT2D eigenvalue weighted by molar-refractivity contribution is 0.553. The molecule has 0 saturated heterocycles. The minimum Gasteiger partial charge on any atom is -0.330 e. The predicted octanol–water partition coefficient (Wildman–Crippen LogP) is 2.18. The molecule has 60 valence electrons. The van der Waals surface area contributed by atoms with Crippen molar-refractivity contribution in [2.75, 3.05) is 6.54 Å². The van der Waals surface area contributed by atoms with E-state index in [1.807, 2.05) is 0 Å². The Morgan fingerprint density at radius 1 is 1.40 bits per heavy atom. The maximum Gasteiger partial charge on any atom is -0.00484 e. The molecule has 0 aromatic heterocycles. The summed E-state index contributed by atoms with van der Waals surface area (Å²) in [6.45, 7) is 11.3. The number of hydrogen-bond donors (Lipinski definition) is 1. The van der Waals surface area contributed by atoms with Crippen LogP contribution in [0.4, 0.5) is 0 Å². The molecule has 2 N–H and O–H groups in total.